The van der Waals surface area contributed by atoms with Crippen molar-refractivity contribution in [2.24, 2.45) is 5.41 Å². The van der Waals surface area contributed by atoms with E-state index in [1.165, 1.54) is 6.92 Å². The van der Waals surface area contributed by atoms with Crippen LogP contribution in [0.4, 0.5) is 0 Å². The molecule has 2 aliphatic carbocycles. The fourth-order valence-electron chi connectivity index (χ4n) is 7.48. The van der Waals surface area contributed by atoms with Crippen LogP contribution in [-0.2, 0) is 33.3 Å². The average Bonchev–Trinajstić information content (AvgIpc) is 3.49. The molecule has 11 nitrogen and oxygen atoms in total. The van der Waals surface area contributed by atoms with E-state index in [1.54, 1.807) is 6.92 Å². The number of Topliss-reactive ketones (excluding diaryl/α,β-unsaturated/α-hetero) is 1. The highest BCUT2D eigenvalue weighted by atomic mass is 16.6. The van der Waals surface area contributed by atoms with E-state index in [-0.39, 0.29) is 77.6 Å². The molecule has 0 aromatic heterocycles. The third-order valence-electron chi connectivity index (χ3n) is 10.4. The number of hydrogen-bond donors (Lipinski definition) is 2. The van der Waals surface area contributed by atoms with Crippen molar-refractivity contribution in [3.05, 3.63) is 35.0 Å². The predicted octanol–water partition coefficient (Wildman–Crippen LogP) is 4.77. The molecule has 4 heterocycles. The number of esters is 1. The van der Waals surface area contributed by atoms with Crippen LogP contribution in [0, 0.1) is 18.6 Å². The quantitative estimate of drug-likeness (QED) is 0.244. The van der Waals surface area contributed by atoms with Gasteiger partial charge in [0.2, 0.25) is 12.1 Å². The number of hydrogen-bond acceptors (Lipinski definition) is 9. The lowest BCUT2D eigenvalue weighted by Crippen LogP contribution is -2.54. The molecule has 262 valence electrons. The summed E-state index contributed by atoms with van der Waals surface area (Å²) in [7, 11) is 0. The Kier molecular flexibility index (Phi) is 12.0. The summed E-state index contributed by atoms with van der Waals surface area (Å²) in [6.07, 6.45) is 8.85. The van der Waals surface area contributed by atoms with E-state index in [9.17, 15) is 19.8 Å². The van der Waals surface area contributed by atoms with Crippen molar-refractivity contribution >= 4 is 11.8 Å². The van der Waals surface area contributed by atoms with Gasteiger partial charge in [-0.2, -0.15) is 0 Å². The first-order chi connectivity index (χ1) is 22.0. The van der Waals surface area contributed by atoms with Crippen LogP contribution in [0.1, 0.15) is 106 Å². The first-order valence-corrected chi connectivity index (χ1v) is 17.1. The standard InChI is InChI=1S/C16H21NO4.C14H21NO4.C6H12O/c1-10(17-3)8-12-4-5-15-16(21-12)7-6-13(19-11(2)18)14(9-16)20-15;1-8(15-2)5-9-3-4-12-14(19-9)6-10(16)13(17)11(7-14)18-12;1-5(7)6(2,3)4/h6-7,10,12-15H,4-5,8-9H2,1-2H3;8-13,16-17H,3-7H2,1H3;1-4H3/t10-,12-,13-,14-,15+,16+;8-,9-,10-,11-,12+,13-,14+;/m11./s1. The average molecular weight is 659 g/mol. The minimum absolute atomic E-state index is 0.0104. The van der Waals surface area contributed by atoms with Gasteiger partial charge in [0.05, 0.1) is 42.2 Å². The van der Waals surface area contributed by atoms with Crippen molar-refractivity contribution in [2.75, 3.05) is 0 Å². The second-order valence-electron chi connectivity index (χ2n) is 15.3. The molecule has 2 N–H and O–H groups in total. The maximum absolute atomic E-state index is 11.1. The Morgan fingerprint density at radius 3 is 2.00 bits per heavy atom. The number of fused-ring (bicyclic) bond motifs is 2. The van der Waals surface area contributed by atoms with Crippen LogP contribution in [0.2, 0.25) is 0 Å². The van der Waals surface area contributed by atoms with E-state index in [0.717, 1.165) is 44.9 Å². The van der Waals surface area contributed by atoms with Crippen LogP contribution < -0.4 is 0 Å². The number of aliphatic hydroxyl groups excluding tert-OH is 2. The lowest BCUT2D eigenvalue weighted by atomic mass is 9.76. The highest BCUT2D eigenvalue weighted by Crippen LogP contribution is 2.50. The molecule has 6 rings (SSSR count). The van der Waals surface area contributed by atoms with Gasteiger partial charge < -0.3 is 43.6 Å². The Labute approximate surface area is 279 Å². The van der Waals surface area contributed by atoms with E-state index < -0.39 is 17.8 Å². The Balaban J connectivity index is 0.000000178. The smallest absolute Gasteiger partial charge is 0.303 e. The van der Waals surface area contributed by atoms with Crippen molar-refractivity contribution in [3.8, 4) is 0 Å². The lowest BCUT2D eigenvalue weighted by molar-refractivity contribution is -0.178. The van der Waals surface area contributed by atoms with Gasteiger partial charge in [-0.25, -0.2) is 13.1 Å². The zero-order valence-corrected chi connectivity index (χ0v) is 29.0. The number of aliphatic hydroxyl groups is 2. The molecule has 0 aromatic rings. The van der Waals surface area contributed by atoms with Crippen LogP contribution in [0.25, 0.3) is 9.69 Å². The molecule has 2 spiro atoms. The van der Waals surface area contributed by atoms with Gasteiger partial charge in [0.1, 0.15) is 29.7 Å². The predicted molar refractivity (Wildman–Crippen MR) is 173 cm³/mol. The minimum atomic E-state index is -0.791. The molecule has 6 aliphatic rings. The van der Waals surface area contributed by atoms with E-state index in [4.69, 9.17) is 36.8 Å². The third-order valence-corrected chi connectivity index (χ3v) is 10.4. The number of ether oxygens (including phenoxy) is 5. The van der Waals surface area contributed by atoms with E-state index >= 15 is 0 Å². The molecule has 0 radical (unpaired) electrons. The van der Waals surface area contributed by atoms with Gasteiger partial charge in [0.25, 0.3) is 0 Å². The zero-order valence-electron chi connectivity index (χ0n) is 29.0. The Bertz CT molecular complexity index is 1240. The molecule has 11 heteroatoms. The number of carbonyl (C=O) groups is 2. The normalized spacial score (nSPS) is 40.8. The van der Waals surface area contributed by atoms with Crippen LogP contribution in [-0.4, -0.2) is 100 Å². The largest absolute Gasteiger partial charge is 0.456 e. The van der Waals surface area contributed by atoms with Crippen molar-refractivity contribution < 1.29 is 43.5 Å². The Morgan fingerprint density at radius 1 is 0.894 bits per heavy atom. The number of carbonyl (C=O) groups excluding carboxylic acids is 2. The molecule has 4 bridgehead atoms. The second kappa shape index (κ2) is 15.0. The van der Waals surface area contributed by atoms with Crippen LogP contribution >= 0.6 is 0 Å². The second-order valence-corrected chi connectivity index (χ2v) is 15.3. The van der Waals surface area contributed by atoms with Gasteiger partial charge >= 0.3 is 5.97 Å². The summed E-state index contributed by atoms with van der Waals surface area (Å²) >= 11 is 0. The summed E-state index contributed by atoms with van der Waals surface area (Å²) in [5, 5.41) is 19.8. The Hall–Kier alpha value is -2.38. The maximum Gasteiger partial charge on any atom is 0.303 e. The van der Waals surface area contributed by atoms with E-state index in [1.807, 2.05) is 46.8 Å². The molecule has 4 aliphatic heterocycles. The molecular weight excluding hydrogens is 604 g/mol. The van der Waals surface area contributed by atoms with E-state index in [0.29, 0.717) is 12.8 Å². The van der Waals surface area contributed by atoms with Crippen molar-refractivity contribution in [1.82, 2.24) is 0 Å². The summed E-state index contributed by atoms with van der Waals surface area (Å²) in [5.74, 6) is -0.0451. The van der Waals surface area contributed by atoms with Crippen LogP contribution in [0.15, 0.2) is 12.2 Å². The van der Waals surface area contributed by atoms with Crippen LogP contribution in [0.3, 0.4) is 0 Å². The van der Waals surface area contributed by atoms with Gasteiger partial charge in [-0.1, -0.05) is 26.8 Å². The topological polar surface area (TPSA) is 129 Å². The van der Waals surface area contributed by atoms with Gasteiger partial charge in [-0.05, 0) is 38.7 Å². The number of rotatable bonds is 5. The summed E-state index contributed by atoms with van der Waals surface area (Å²) in [6, 6.07) is -0.0439. The SMILES string of the molecule is CC(=O)C(C)(C)C.[C-]#[N+][C@H](C)C[C@H]1CC[C@@H]2O[C@@H]3C[C@]2(C=C[C@H]3OC(C)=O)O1.[C-]#[N+][C@H](C)C[C@H]1CC[C@@H]2O[C@@H]3C[C@]2(C[C@@H](O)[C@H]3O)O1. The summed E-state index contributed by atoms with van der Waals surface area (Å²) < 4.78 is 29.7. The minimum Gasteiger partial charge on any atom is -0.456 e. The fourth-order valence-corrected chi connectivity index (χ4v) is 7.48. The van der Waals surface area contributed by atoms with Crippen molar-refractivity contribution in [3.63, 3.8) is 0 Å². The lowest BCUT2D eigenvalue weighted by Gasteiger charge is -2.44. The summed E-state index contributed by atoms with van der Waals surface area (Å²) in [6.45, 7) is 26.7. The molecule has 47 heavy (non-hydrogen) atoms. The molecule has 5 fully saturated rings. The monoisotopic (exact) mass is 658 g/mol. The van der Waals surface area contributed by atoms with Gasteiger partial charge in [-0.3, -0.25) is 9.59 Å². The molecule has 0 amide bonds. The molecule has 0 aromatic carbocycles. The molecular formula is C36H54N2O9. The molecule has 0 unspecified atom stereocenters. The first-order valence-electron chi connectivity index (χ1n) is 17.1. The van der Waals surface area contributed by atoms with Gasteiger partial charge in [0.15, 0.2) is 0 Å². The highest BCUT2D eigenvalue weighted by Gasteiger charge is 2.60. The first kappa shape index (κ1) is 37.4. The third kappa shape index (κ3) is 8.81. The zero-order chi connectivity index (χ0) is 34.7. The summed E-state index contributed by atoms with van der Waals surface area (Å²) in [5.41, 5.74) is -0.958. The van der Waals surface area contributed by atoms with Crippen LogP contribution in [0.5, 0.6) is 0 Å². The summed E-state index contributed by atoms with van der Waals surface area (Å²) in [4.78, 5) is 28.7. The highest BCUT2D eigenvalue weighted by molar-refractivity contribution is 5.80. The number of nitrogens with zero attached hydrogens (tertiary/aromatic N) is 2. The molecule has 4 saturated heterocycles. The Morgan fingerprint density at radius 2 is 1.45 bits per heavy atom. The van der Waals surface area contributed by atoms with E-state index in [2.05, 4.69) is 9.69 Å². The fraction of sp³-hybridized carbons (Fsp3) is 0.833. The van der Waals surface area contributed by atoms with Gasteiger partial charge in [-0.15, -0.1) is 0 Å². The maximum atomic E-state index is 11.1. The number of ketones is 1. The van der Waals surface area contributed by atoms with Crippen molar-refractivity contribution in [2.45, 2.75) is 184 Å². The molecule has 1 saturated carbocycles. The van der Waals surface area contributed by atoms with Gasteiger partial charge in [0, 0.05) is 58.3 Å². The van der Waals surface area contributed by atoms with Crippen molar-refractivity contribution in [1.29, 1.82) is 0 Å². The molecule has 13 atom stereocenters.